The number of fused-ring (bicyclic) bond motifs is 1. The van der Waals surface area contributed by atoms with Gasteiger partial charge in [0.25, 0.3) is 0 Å². The number of rotatable bonds is 8. The molecule has 0 unspecified atom stereocenters. The zero-order valence-corrected chi connectivity index (χ0v) is 20.3. The van der Waals surface area contributed by atoms with E-state index < -0.39 is 0 Å². The molecule has 1 atom stereocenters. The summed E-state index contributed by atoms with van der Waals surface area (Å²) in [5.41, 5.74) is 4.97. The molecule has 0 radical (unpaired) electrons. The molecule has 0 bridgehead atoms. The molecule has 2 heterocycles. The summed E-state index contributed by atoms with van der Waals surface area (Å²) >= 11 is 1.70. The second kappa shape index (κ2) is 11.0. The molecule has 0 N–H and O–H groups in total. The lowest BCUT2D eigenvalue weighted by molar-refractivity contribution is -0.143. The summed E-state index contributed by atoms with van der Waals surface area (Å²) < 4.78 is 12.3. The van der Waals surface area contributed by atoms with Gasteiger partial charge >= 0.3 is 5.97 Å². The lowest BCUT2D eigenvalue weighted by Crippen LogP contribution is -2.09. The van der Waals surface area contributed by atoms with Crippen LogP contribution in [-0.2, 0) is 16.1 Å². The molecule has 0 aliphatic carbocycles. The number of thiophene rings is 1. The van der Waals surface area contributed by atoms with Crippen LogP contribution in [0.5, 0.6) is 5.75 Å². The van der Waals surface area contributed by atoms with Gasteiger partial charge in [-0.3, -0.25) is 14.8 Å². The van der Waals surface area contributed by atoms with Crippen molar-refractivity contribution in [2.45, 2.75) is 39.7 Å². The Hall–Kier alpha value is -3.69. The second-order valence-corrected chi connectivity index (χ2v) is 8.70. The minimum absolute atomic E-state index is 0.193. The van der Waals surface area contributed by atoms with E-state index in [0.29, 0.717) is 13.2 Å². The van der Waals surface area contributed by atoms with Crippen LogP contribution in [0.2, 0.25) is 0 Å². The number of esters is 1. The molecule has 34 heavy (non-hydrogen) atoms. The van der Waals surface area contributed by atoms with Crippen molar-refractivity contribution < 1.29 is 14.3 Å². The minimum atomic E-state index is -0.240. The molecular formula is C28H26N2O3S. The molecule has 0 saturated heterocycles. The number of benzene rings is 2. The van der Waals surface area contributed by atoms with Gasteiger partial charge in [0.05, 0.1) is 30.3 Å². The van der Waals surface area contributed by atoms with E-state index in [0.717, 1.165) is 39.2 Å². The Kier molecular flexibility index (Phi) is 7.56. The smallest absolute Gasteiger partial charge is 0.307 e. The number of nitrogens with zero attached hydrogens (tertiary/aromatic N) is 2. The third-order valence-corrected chi connectivity index (χ3v) is 6.42. The van der Waals surface area contributed by atoms with Crippen molar-refractivity contribution in [3.05, 3.63) is 77.1 Å². The Balaban J connectivity index is 1.47. The predicted octanol–water partition coefficient (Wildman–Crippen LogP) is 6.31. The van der Waals surface area contributed by atoms with E-state index in [9.17, 15) is 4.79 Å². The first-order chi connectivity index (χ1) is 16.6. The van der Waals surface area contributed by atoms with Crippen LogP contribution in [-0.4, -0.2) is 22.5 Å². The standard InChI is InChI=1S/C28H26N2O3S/c1-4-6-22(16-27(31)32-5-2)21-8-10-23(11-9-21)33-17-20-7-12-26-24(15-20)25(18-34-26)28-19(3)29-13-14-30-28/h7-15,18,22H,5,16-17H2,1-3H3/t22-/m0/s1. The topological polar surface area (TPSA) is 61.3 Å². The van der Waals surface area contributed by atoms with Gasteiger partial charge in [-0.1, -0.05) is 24.1 Å². The maximum Gasteiger partial charge on any atom is 0.307 e. The lowest BCUT2D eigenvalue weighted by Gasteiger charge is -2.12. The third kappa shape index (κ3) is 5.44. The summed E-state index contributed by atoms with van der Waals surface area (Å²) in [4.78, 5) is 20.8. The Labute approximate surface area is 203 Å². The van der Waals surface area contributed by atoms with Crippen molar-refractivity contribution in [2.75, 3.05) is 6.61 Å². The number of carbonyl (C=O) groups excluding carboxylic acids is 1. The molecule has 2 aromatic heterocycles. The van der Waals surface area contributed by atoms with Crippen molar-refractivity contribution >= 4 is 27.4 Å². The summed E-state index contributed by atoms with van der Waals surface area (Å²) in [6, 6.07) is 14.1. The molecule has 0 fully saturated rings. The van der Waals surface area contributed by atoms with Gasteiger partial charge < -0.3 is 9.47 Å². The molecule has 0 aliphatic heterocycles. The highest BCUT2D eigenvalue weighted by Crippen LogP contribution is 2.34. The van der Waals surface area contributed by atoms with Gasteiger partial charge in [0.2, 0.25) is 0 Å². The molecule has 4 rings (SSSR count). The summed E-state index contributed by atoms with van der Waals surface area (Å²) in [6.45, 7) is 6.38. The van der Waals surface area contributed by atoms with E-state index in [-0.39, 0.29) is 18.3 Å². The van der Waals surface area contributed by atoms with Gasteiger partial charge in [-0.05, 0) is 56.2 Å². The molecule has 0 aliphatic rings. The van der Waals surface area contributed by atoms with Gasteiger partial charge in [-0.2, -0.15) is 0 Å². The SMILES string of the molecule is CC#C[C@@H](CC(=O)OCC)c1ccc(OCc2ccc3scc(-c4nccnc4C)c3c2)cc1. The number of carbonyl (C=O) groups is 1. The monoisotopic (exact) mass is 470 g/mol. The van der Waals surface area contributed by atoms with E-state index in [1.54, 1.807) is 37.6 Å². The van der Waals surface area contributed by atoms with Gasteiger partial charge in [0, 0.05) is 33.4 Å². The van der Waals surface area contributed by atoms with Crippen LogP contribution >= 0.6 is 11.3 Å². The van der Waals surface area contributed by atoms with Gasteiger partial charge in [0.15, 0.2) is 0 Å². The maximum atomic E-state index is 11.9. The van der Waals surface area contributed by atoms with Crippen molar-refractivity contribution in [3.63, 3.8) is 0 Å². The van der Waals surface area contributed by atoms with Gasteiger partial charge in [-0.15, -0.1) is 17.3 Å². The van der Waals surface area contributed by atoms with Crippen molar-refractivity contribution in [1.29, 1.82) is 0 Å². The Morgan fingerprint density at radius 3 is 2.65 bits per heavy atom. The molecule has 172 valence electrons. The lowest BCUT2D eigenvalue weighted by atomic mass is 9.96. The first kappa shape index (κ1) is 23.5. The summed E-state index contributed by atoms with van der Waals surface area (Å²) in [5, 5.41) is 3.29. The largest absolute Gasteiger partial charge is 0.489 e. The zero-order valence-electron chi connectivity index (χ0n) is 19.5. The predicted molar refractivity (Wildman–Crippen MR) is 136 cm³/mol. The first-order valence-corrected chi connectivity index (χ1v) is 12.1. The first-order valence-electron chi connectivity index (χ1n) is 11.2. The van der Waals surface area contributed by atoms with Crippen LogP contribution in [0.4, 0.5) is 0 Å². The molecule has 5 nitrogen and oxygen atoms in total. The number of aryl methyl sites for hydroxylation is 1. The molecule has 4 aromatic rings. The highest BCUT2D eigenvalue weighted by Gasteiger charge is 2.15. The quantitative estimate of drug-likeness (QED) is 0.223. The number of aromatic nitrogens is 2. The number of ether oxygens (including phenoxy) is 2. The van der Waals surface area contributed by atoms with E-state index in [2.05, 4.69) is 45.4 Å². The van der Waals surface area contributed by atoms with E-state index in [4.69, 9.17) is 9.47 Å². The van der Waals surface area contributed by atoms with Crippen LogP contribution in [0.1, 0.15) is 43.0 Å². The Morgan fingerprint density at radius 2 is 1.91 bits per heavy atom. The van der Waals surface area contributed by atoms with Crippen LogP contribution in [0.25, 0.3) is 21.3 Å². The van der Waals surface area contributed by atoms with Crippen molar-refractivity contribution in [3.8, 4) is 28.8 Å². The molecule has 2 aromatic carbocycles. The highest BCUT2D eigenvalue weighted by molar-refractivity contribution is 7.17. The fourth-order valence-electron chi connectivity index (χ4n) is 3.80. The number of hydrogen-bond donors (Lipinski definition) is 0. The molecule has 0 saturated carbocycles. The van der Waals surface area contributed by atoms with Crippen LogP contribution < -0.4 is 4.74 Å². The summed E-state index contributed by atoms with van der Waals surface area (Å²) in [6.07, 6.45) is 3.68. The highest BCUT2D eigenvalue weighted by atomic mass is 32.1. The Bertz CT molecular complexity index is 1350. The molecule has 6 heteroatoms. The normalized spacial score (nSPS) is 11.5. The zero-order chi connectivity index (χ0) is 23.9. The fraction of sp³-hybridized carbons (Fsp3) is 0.250. The van der Waals surface area contributed by atoms with Gasteiger partial charge in [-0.25, -0.2) is 0 Å². The fourth-order valence-corrected chi connectivity index (χ4v) is 4.72. The van der Waals surface area contributed by atoms with Crippen LogP contribution in [0, 0.1) is 18.8 Å². The minimum Gasteiger partial charge on any atom is -0.489 e. The molecule has 0 spiro atoms. The van der Waals surface area contributed by atoms with E-state index in [1.807, 2.05) is 31.2 Å². The van der Waals surface area contributed by atoms with Crippen LogP contribution in [0.3, 0.4) is 0 Å². The maximum absolute atomic E-state index is 11.9. The molecule has 0 amide bonds. The summed E-state index contributed by atoms with van der Waals surface area (Å²) in [7, 11) is 0. The Morgan fingerprint density at radius 1 is 1.12 bits per heavy atom. The van der Waals surface area contributed by atoms with Crippen LogP contribution in [0.15, 0.2) is 60.2 Å². The third-order valence-electron chi connectivity index (χ3n) is 5.46. The van der Waals surface area contributed by atoms with Crippen molar-refractivity contribution in [1.82, 2.24) is 9.97 Å². The van der Waals surface area contributed by atoms with Gasteiger partial charge in [0.1, 0.15) is 12.4 Å². The van der Waals surface area contributed by atoms with E-state index >= 15 is 0 Å². The van der Waals surface area contributed by atoms with E-state index in [1.165, 1.54) is 4.70 Å². The second-order valence-electron chi connectivity index (χ2n) is 7.78. The molecular weight excluding hydrogens is 444 g/mol. The summed E-state index contributed by atoms with van der Waals surface area (Å²) in [5.74, 6) is 6.34. The van der Waals surface area contributed by atoms with Crippen molar-refractivity contribution in [2.24, 2.45) is 0 Å². The average molecular weight is 471 g/mol. The average Bonchev–Trinajstić information content (AvgIpc) is 3.26. The number of hydrogen-bond acceptors (Lipinski definition) is 6.